The van der Waals surface area contributed by atoms with Gasteiger partial charge in [0.05, 0.1) is 37.7 Å². The fourth-order valence-corrected chi connectivity index (χ4v) is 6.26. The smallest absolute Gasteiger partial charge is 0.245 e. The van der Waals surface area contributed by atoms with Crippen molar-refractivity contribution >= 4 is 33.2 Å². The van der Waals surface area contributed by atoms with Gasteiger partial charge in [-0.2, -0.15) is 4.31 Å². The van der Waals surface area contributed by atoms with E-state index in [1.807, 2.05) is 30.3 Å². The van der Waals surface area contributed by atoms with Gasteiger partial charge in [0.1, 0.15) is 4.90 Å². The number of likely N-dealkylation sites (N-methyl/N-ethyl adjacent to an activating group) is 1. The molecule has 1 fully saturated rings. The summed E-state index contributed by atoms with van der Waals surface area (Å²) in [4.78, 5) is 1.43. The monoisotopic (exact) mass is 413 g/mol. The van der Waals surface area contributed by atoms with E-state index in [-0.39, 0.29) is 16.0 Å². The number of quaternary nitrogens is 1. The summed E-state index contributed by atoms with van der Waals surface area (Å²) in [5.74, 6) is 0. The van der Waals surface area contributed by atoms with Gasteiger partial charge in [-0.1, -0.05) is 53.5 Å². The van der Waals surface area contributed by atoms with Gasteiger partial charge in [0.15, 0.2) is 0 Å². The largest absolute Gasteiger partial charge is 0.335 e. The summed E-state index contributed by atoms with van der Waals surface area (Å²) in [6.07, 6.45) is 0. The van der Waals surface area contributed by atoms with Gasteiger partial charge in [-0.15, -0.1) is 0 Å². The van der Waals surface area contributed by atoms with Crippen molar-refractivity contribution in [2.45, 2.75) is 24.8 Å². The summed E-state index contributed by atoms with van der Waals surface area (Å²) in [5.41, 5.74) is 2.15. The predicted octanol–water partition coefficient (Wildman–Crippen LogP) is 2.87. The molecule has 0 radical (unpaired) electrons. The second kappa shape index (κ2) is 7.49. The van der Waals surface area contributed by atoms with Gasteiger partial charge in [-0.25, -0.2) is 8.42 Å². The summed E-state index contributed by atoms with van der Waals surface area (Å²) in [7, 11) is -1.70. The number of nitrogens with zero attached hydrogens (tertiary/aromatic N) is 1. The summed E-state index contributed by atoms with van der Waals surface area (Å²) in [6.45, 7) is 5.38. The minimum atomic E-state index is -3.79. The van der Waals surface area contributed by atoms with Crippen molar-refractivity contribution in [3.8, 4) is 0 Å². The lowest BCUT2D eigenvalue weighted by Gasteiger charge is -2.37. The molecule has 0 bridgehead atoms. The minimum absolute atomic E-state index is 0.129. The van der Waals surface area contributed by atoms with Crippen LogP contribution in [0.5, 0.6) is 0 Å². The van der Waals surface area contributed by atoms with E-state index >= 15 is 0 Å². The number of sulfonamides is 1. The Kier molecular flexibility index (Phi) is 5.66. The molecule has 2 atom stereocenters. The third-order valence-electron chi connectivity index (χ3n) is 4.99. The topological polar surface area (TPSA) is 41.8 Å². The number of nitrogens with one attached hydrogen (secondary N) is 1. The number of aryl methyl sites for hydroxylation is 1. The van der Waals surface area contributed by atoms with E-state index in [1.165, 1.54) is 4.90 Å². The maximum Gasteiger partial charge on any atom is 0.245 e. The second-order valence-electron chi connectivity index (χ2n) is 6.90. The van der Waals surface area contributed by atoms with Crippen molar-refractivity contribution < 1.29 is 13.3 Å². The molecule has 0 aliphatic carbocycles. The lowest BCUT2D eigenvalue weighted by Crippen LogP contribution is -3.12. The molecule has 1 aliphatic heterocycles. The number of hydrogen-bond acceptors (Lipinski definition) is 2. The van der Waals surface area contributed by atoms with E-state index < -0.39 is 10.0 Å². The molecule has 4 nitrogen and oxygen atoms in total. The molecular weight excluding hydrogens is 391 g/mol. The highest BCUT2D eigenvalue weighted by Gasteiger charge is 2.40. The first kappa shape index (κ1) is 19.6. The fourth-order valence-electron chi connectivity index (χ4n) is 3.48. The van der Waals surface area contributed by atoms with Crippen LogP contribution in [0.1, 0.15) is 22.7 Å². The highest BCUT2D eigenvalue weighted by Crippen LogP contribution is 2.37. The molecule has 3 rings (SSSR count). The molecule has 2 aromatic rings. The molecule has 7 heteroatoms. The standard InChI is InChI=1S/C19H22Cl2N2O2S/c1-13-11-16(20)14(2)19(18(13)21)26(24,25)23-10-9-22(3)12-17(23)15-7-5-4-6-8-15/h4-8,11,17H,9-10,12H2,1-3H3/p+1/t17-/m1/s1. The Bertz CT molecular complexity index is 891. The van der Waals surface area contributed by atoms with Gasteiger partial charge < -0.3 is 4.90 Å². The van der Waals surface area contributed by atoms with Gasteiger partial charge in [0.2, 0.25) is 10.0 Å². The molecule has 140 valence electrons. The van der Waals surface area contributed by atoms with Crippen LogP contribution >= 0.6 is 23.2 Å². The summed E-state index contributed by atoms with van der Waals surface area (Å²) in [5, 5.41) is 0.673. The Morgan fingerprint density at radius 3 is 2.46 bits per heavy atom. The fraction of sp³-hybridized carbons (Fsp3) is 0.368. The van der Waals surface area contributed by atoms with Gasteiger partial charge in [0, 0.05) is 5.02 Å². The van der Waals surface area contributed by atoms with Crippen LogP contribution in [-0.4, -0.2) is 39.4 Å². The quantitative estimate of drug-likeness (QED) is 0.840. The van der Waals surface area contributed by atoms with E-state index in [9.17, 15) is 8.42 Å². The normalized spacial score (nSPS) is 21.7. The van der Waals surface area contributed by atoms with Crippen molar-refractivity contribution in [2.75, 3.05) is 26.7 Å². The Morgan fingerprint density at radius 2 is 1.81 bits per heavy atom. The Balaban J connectivity index is 2.14. The number of rotatable bonds is 3. The highest BCUT2D eigenvalue weighted by atomic mass is 35.5. The van der Waals surface area contributed by atoms with Crippen LogP contribution in [0.25, 0.3) is 0 Å². The number of piperazine rings is 1. The minimum Gasteiger partial charge on any atom is -0.335 e. The van der Waals surface area contributed by atoms with E-state index in [2.05, 4.69) is 7.05 Å². The molecule has 0 amide bonds. The Hall–Kier alpha value is -1.11. The summed E-state index contributed by atoms with van der Waals surface area (Å²) >= 11 is 12.7. The van der Waals surface area contributed by atoms with Crippen molar-refractivity contribution in [1.29, 1.82) is 0 Å². The van der Waals surface area contributed by atoms with E-state index in [4.69, 9.17) is 23.2 Å². The molecule has 1 unspecified atom stereocenters. The van der Waals surface area contributed by atoms with Crippen LogP contribution in [-0.2, 0) is 10.0 Å². The third-order valence-corrected chi connectivity index (χ3v) is 8.06. The Labute approximate surface area is 165 Å². The zero-order chi connectivity index (χ0) is 19.1. The van der Waals surface area contributed by atoms with Crippen molar-refractivity contribution in [3.05, 3.63) is 63.1 Å². The molecule has 26 heavy (non-hydrogen) atoms. The molecule has 2 aromatic carbocycles. The van der Waals surface area contributed by atoms with Crippen molar-refractivity contribution in [2.24, 2.45) is 0 Å². The number of hydrogen-bond donors (Lipinski definition) is 1. The van der Waals surface area contributed by atoms with Crippen LogP contribution in [0.2, 0.25) is 10.0 Å². The maximum atomic E-state index is 13.6. The summed E-state index contributed by atoms with van der Waals surface area (Å²) in [6, 6.07) is 11.2. The molecule has 0 saturated carbocycles. The highest BCUT2D eigenvalue weighted by molar-refractivity contribution is 7.89. The van der Waals surface area contributed by atoms with Gasteiger partial charge in [-0.05, 0) is 36.6 Å². The molecular formula is C19H23Cl2N2O2S+. The molecule has 0 spiro atoms. The van der Waals surface area contributed by atoms with Gasteiger partial charge in [-0.3, -0.25) is 0 Å². The lowest BCUT2D eigenvalue weighted by molar-refractivity contribution is -0.887. The van der Waals surface area contributed by atoms with E-state index in [0.29, 0.717) is 29.2 Å². The summed E-state index contributed by atoms with van der Waals surface area (Å²) < 4.78 is 28.8. The maximum absolute atomic E-state index is 13.6. The van der Waals surface area contributed by atoms with E-state index in [1.54, 1.807) is 24.2 Å². The number of halogens is 2. The van der Waals surface area contributed by atoms with Crippen LogP contribution < -0.4 is 4.90 Å². The average Bonchev–Trinajstić information content (AvgIpc) is 2.60. The van der Waals surface area contributed by atoms with Crippen LogP contribution in [0, 0.1) is 13.8 Å². The molecule has 0 aromatic heterocycles. The van der Waals surface area contributed by atoms with Gasteiger partial charge >= 0.3 is 0 Å². The Morgan fingerprint density at radius 1 is 1.15 bits per heavy atom. The number of benzene rings is 2. The van der Waals surface area contributed by atoms with Crippen LogP contribution in [0.3, 0.4) is 0 Å². The van der Waals surface area contributed by atoms with Crippen molar-refractivity contribution in [3.63, 3.8) is 0 Å². The van der Waals surface area contributed by atoms with Crippen molar-refractivity contribution in [1.82, 2.24) is 4.31 Å². The second-order valence-corrected chi connectivity index (χ2v) is 9.51. The molecule has 1 N–H and O–H groups in total. The first-order valence-corrected chi connectivity index (χ1v) is 10.8. The first-order chi connectivity index (χ1) is 12.2. The molecule has 1 heterocycles. The van der Waals surface area contributed by atoms with E-state index in [0.717, 1.165) is 12.1 Å². The van der Waals surface area contributed by atoms with Gasteiger partial charge in [0.25, 0.3) is 0 Å². The first-order valence-electron chi connectivity index (χ1n) is 8.56. The molecule has 1 aliphatic rings. The molecule has 1 saturated heterocycles. The lowest BCUT2D eigenvalue weighted by atomic mass is 10.1. The average molecular weight is 414 g/mol. The van der Waals surface area contributed by atoms with Crippen LogP contribution in [0.4, 0.5) is 0 Å². The third kappa shape index (κ3) is 3.51. The zero-order valence-electron chi connectivity index (χ0n) is 15.1. The van der Waals surface area contributed by atoms with Crippen LogP contribution in [0.15, 0.2) is 41.3 Å². The zero-order valence-corrected chi connectivity index (χ0v) is 17.4. The predicted molar refractivity (Wildman–Crippen MR) is 106 cm³/mol. The SMILES string of the molecule is Cc1cc(Cl)c(C)c(S(=O)(=O)N2CC[NH+](C)C[C@@H]2c2ccccc2)c1Cl.